The van der Waals surface area contributed by atoms with Crippen molar-refractivity contribution in [1.29, 1.82) is 0 Å². The first-order chi connectivity index (χ1) is 12.0. The topological polar surface area (TPSA) is 95.5 Å². The van der Waals surface area contributed by atoms with E-state index in [1.807, 2.05) is 24.3 Å². The molecule has 1 aromatic rings. The number of carbonyl (C=O) groups excluding carboxylic acids is 1. The molecule has 2 N–H and O–H groups in total. The fourth-order valence-electron chi connectivity index (χ4n) is 3.11. The van der Waals surface area contributed by atoms with Gasteiger partial charge in [0.15, 0.2) is 12.6 Å². The molecule has 0 spiro atoms. The van der Waals surface area contributed by atoms with Crippen LogP contribution in [0.5, 0.6) is 5.75 Å². The largest absolute Gasteiger partial charge is 0.497 e. The van der Waals surface area contributed by atoms with E-state index in [0.29, 0.717) is 0 Å². The fourth-order valence-corrected chi connectivity index (χ4v) is 3.11. The van der Waals surface area contributed by atoms with Gasteiger partial charge in [-0.3, -0.25) is 4.79 Å². The number of rotatable bonds is 4. The number of amides is 1. The SMILES string of the molecule is COc1ccc(C2OCC3O[C@@H](OC)C(NC(C)=O)C(O)[C@H]3O2)cc1. The second kappa shape index (κ2) is 7.67. The van der Waals surface area contributed by atoms with Crippen molar-refractivity contribution < 1.29 is 33.6 Å². The zero-order valence-corrected chi connectivity index (χ0v) is 14.4. The Morgan fingerprint density at radius 3 is 2.56 bits per heavy atom. The number of benzene rings is 1. The number of aliphatic hydroxyl groups is 1. The molecule has 0 aliphatic carbocycles. The Morgan fingerprint density at radius 1 is 1.24 bits per heavy atom. The third kappa shape index (κ3) is 3.78. The van der Waals surface area contributed by atoms with Crippen LogP contribution in [0.15, 0.2) is 24.3 Å². The van der Waals surface area contributed by atoms with Crippen molar-refractivity contribution in [2.45, 2.75) is 43.9 Å². The van der Waals surface area contributed by atoms with Crippen LogP contribution in [-0.4, -0.2) is 62.5 Å². The molecule has 2 saturated heterocycles. The number of carbonyl (C=O) groups is 1. The summed E-state index contributed by atoms with van der Waals surface area (Å²) in [6.45, 7) is 1.61. The van der Waals surface area contributed by atoms with Gasteiger partial charge in [0, 0.05) is 19.6 Å². The van der Waals surface area contributed by atoms with Crippen molar-refractivity contribution in [3.63, 3.8) is 0 Å². The molecule has 4 unspecified atom stereocenters. The summed E-state index contributed by atoms with van der Waals surface area (Å²) in [5.41, 5.74) is 0.802. The normalized spacial score (nSPS) is 34.9. The van der Waals surface area contributed by atoms with Gasteiger partial charge in [0.1, 0.15) is 30.1 Å². The van der Waals surface area contributed by atoms with Crippen LogP contribution in [0.2, 0.25) is 0 Å². The molecule has 2 fully saturated rings. The van der Waals surface area contributed by atoms with Gasteiger partial charge < -0.3 is 34.1 Å². The molecule has 0 saturated carbocycles. The monoisotopic (exact) mass is 353 g/mol. The van der Waals surface area contributed by atoms with E-state index < -0.39 is 36.9 Å². The van der Waals surface area contributed by atoms with Crippen LogP contribution in [0.3, 0.4) is 0 Å². The van der Waals surface area contributed by atoms with Crippen LogP contribution >= 0.6 is 0 Å². The molecule has 1 amide bonds. The van der Waals surface area contributed by atoms with Gasteiger partial charge in [0.2, 0.25) is 5.91 Å². The minimum absolute atomic E-state index is 0.241. The quantitative estimate of drug-likeness (QED) is 0.806. The molecular formula is C17H23NO7. The molecule has 25 heavy (non-hydrogen) atoms. The van der Waals surface area contributed by atoms with Crippen LogP contribution in [0.4, 0.5) is 0 Å². The molecule has 2 aliphatic heterocycles. The maximum atomic E-state index is 11.4. The number of methoxy groups -OCH3 is 2. The van der Waals surface area contributed by atoms with Gasteiger partial charge in [-0.25, -0.2) is 0 Å². The molecular weight excluding hydrogens is 330 g/mol. The molecule has 138 valence electrons. The molecule has 3 rings (SSSR count). The van der Waals surface area contributed by atoms with Gasteiger partial charge >= 0.3 is 0 Å². The highest BCUT2D eigenvalue weighted by Gasteiger charge is 2.49. The Labute approximate surface area is 146 Å². The zero-order valence-electron chi connectivity index (χ0n) is 14.4. The minimum Gasteiger partial charge on any atom is -0.497 e. The highest BCUT2D eigenvalue weighted by atomic mass is 16.7. The number of ether oxygens (including phenoxy) is 5. The Balaban J connectivity index is 1.74. The maximum Gasteiger partial charge on any atom is 0.217 e. The summed E-state index contributed by atoms with van der Waals surface area (Å²) in [4.78, 5) is 11.4. The molecule has 8 nitrogen and oxygen atoms in total. The molecule has 0 radical (unpaired) electrons. The Bertz CT molecular complexity index is 593. The van der Waals surface area contributed by atoms with Gasteiger partial charge in [-0.15, -0.1) is 0 Å². The summed E-state index contributed by atoms with van der Waals surface area (Å²) in [5, 5.41) is 13.3. The van der Waals surface area contributed by atoms with Gasteiger partial charge in [0.25, 0.3) is 0 Å². The number of aliphatic hydroxyl groups excluding tert-OH is 1. The van der Waals surface area contributed by atoms with E-state index in [0.717, 1.165) is 11.3 Å². The van der Waals surface area contributed by atoms with E-state index in [2.05, 4.69) is 5.32 Å². The first kappa shape index (κ1) is 18.1. The molecule has 2 aliphatic rings. The van der Waals surface area contributed by atoms with E-state index in [1.165, 1.54) is 14.0 Å². The average Bonchev–Trinajstić information content (AvgIpc) is 2.63. The maximum absolute atomic E-state index is 11.4. The van der Waals surface area contributed by atoms with Gasteiger partial charge in [-0.1, -0.05) is 12.1 Å². The number of hydrogen-bond donors (Lipinski definition) is 2. The van der Waals surface area contributed by atoms with E-state index in [-0.39, 0.29) is 12.5 Å². The molecule has 6 atom stereocenters. The van der Waals surface area contributed by atoms with Crippen LogP contribution < -0.4 is 10.1 Å². The van der Waals surface area contributed by atoms with Gasteiger partial charge in [-0.2, -0.15) is 0 Å². The summed E-state index contributed by atoms with van der Waals surface area (Å²) in [6, 6.07) is 6.57. The molecule has 0 bridgehead atoms. The first-order valence-electron chi connectivity index (χ1n) is 8.08. The molecule has 8 heteroatoms. The number of nitrogens with one attached hydrogen (secondary N) is 1. The van der Waals surface area contributed by atoms with Crippen LogP contribution in [-0.2, 0) is 23.7 Å². The summed E-state index contributed by atoms with van der Waals surface area (Å²) in [7, 11) is 3.05. The third-order valence-electron chi connectivity index (χ3n) is 4.36. The van der Waals surface area contributed by atoms with Crippen LogP contribution in [0.1, 0.15) is 18.8 Å². The smallest absolute Gasteiger partial charge is 0.217 e. The average molecular weight is 353 g/mol. The van der Waals surface area contributed by atoms with Gasteiger partial charge in [0.05, 0.1) is 13.7 Å². The predicted octanol–water partition coefficient (Wildman–Crippen LogP) is 0.346. The zero-order chi connectivity index (χ0) is 18.0. The van der Waals surface area contributed by atoms with E-state index >= 15 is 0 Å². The summed E-state index contributed by atoms with van der Waals surface area (Å²) < 4.78 is 27.8. The fraction of sp³-hybridized carbons (Fsp3) is 0.588. The first-order valence-corrected chi connectivity index (χ1v) is 8.08. The van der Waals surface area contributed by atoms with E-state index in [4.69, 9.17) is 23.7 Å². The lowest BCUT2D eigenvalue weighted by Gasteiger charge is -2.47. The van der Waals surface area contributed by atoms with Gasteiger partial charge in [-0.05, 0) is 12.1 Å². The summed E-state index contributed by atoms with van der Waals surface area (Å²) in [6.07, 6.45) is -3.53. The van der Waals surface area contributed by atoms with Crippen molar-refractivity contribution in [2.24, 2.45) is 0 Å². The van der Waals surface area contributed by atoms with Crippen molar-refractivity contribution in [2.75, 3.05) is 20.8 Å². The standard InChI is InChI=1S/C17H23NO7/c1-9(19)18-13-14(20)15-12(24-17(13)22-3)8-23-16(25-15)10-4-6-11(21-2)7-5-10/h4-7,12-17,20H,8H2,1-3H3,(H,18,19)/t12?,13?,14?,15-,16?,17+/m0/s1. The highest BCUT2D eigenvalue weighted by Crippen LogP contribution is 2.34. The minimum atomic E-state index is -0.989. The van der Waals surface area contributed by atoms with Crippen LogP contribution in [0.25, 0.3) is 0 Å². The predicted molar refractivity (Wildman–Crippen MR) is 85.8 cm³/mol. The van der Waals surface area contributed by atoms with Crippen molar-refractivity contribution in [3.05, 3.63) is 29.8 Å². The summed E-state index contributed by atoms with van der Waals surface area (Å²) >= 11 is 0. The highest BCUT2D eigenvalue weighted by molar-refractivity contribution is 5.73. The second-order valence-corrected chi connectivity index (χ2v) is 6.03. The molecule has 0 aromatic heterocycles. The van der Waals surface area contributed by atoms with Crippen molar-refractivity contribution in [3.8, 4) is 5.75 Å². The second-order valence-electron chi connectivity index (χ2n) is 6.03. The Hall–Kier alpha value is -1.71. The lowest BCUT2D eigenvalue weighted by Crippen LogP contribution is -2.66. The van der Waals surface area contributed by atoms with E-state index in [1.54, 1.807) is 7.11 Å². The van der Waals surface area contributed by atoms with Crippen LogP contribution in [0, 0.1) is 0 Å². The summed E-state index contributed by atoms with van der Waals surface area (Å²) in [5.74, 6) is 0.444. The van der Waals surface area contributed by atoms with Crippen molar-refractivity contribution >= 4 is 5.91 Å². The lowest BCUT2D eigenvalue weighted by molar-refractivity contribution is -0.341. The Kier molecular flexibility index (Phi) is 5.55. The lowest BCUT2D eigenvalue weighted by atomic mass is 9.95. The number of hydrogen-bond acceptors (Lipinski definition) is 7. The number of fused-ring (bicyclic) bond motifs is 1. The Morgan fingerprint density at radius 2 is 1.96 bits per heavy atom. The van der Waals surface area contributed by atoms with Crippen molar-refractivity contribution in [1.82, 2.24) is 5.32 Å². The third-order valence-corrected chi connectivity index (χ3v) is 4.36. The molecule has 1 aromatic carbocycles. The molecule has 2 heterocycles. The van der Waals surface area contributed by atoms with E-state index in [9.17, 15) is 9.90 Å².